The van der Waals surface area contributed by atoms with E-state index in [9.17, 15) is 4.79 Å². The highest BCUT2D eigenvalue weighted by Gasteiger charge is 2.19. The Balaban J connectivity index is 1.92. The third-order valence-electron chi connectivity index (χ3n) is 4.15. The first-order valence-corrected chi connectivity index (χ1v) is 8.31. The number of hydrogen-bond donors (Lipinski definition) is 0. The van der Waals surface area contributed by atoms with Gasteiger partial charge in [0.2, 0.25) is 5.78 Å². The average molecular weight is 300 g/mol. The van der Waals surface area contributed by atoms with Crippen molar-refractivity contribution in [2.75, 3.05) is 7.11 Å². The van der Waals surface area contributed by atoms with E-state index in [1.165, 1.54) is 29.7 Å². The number of carbonyl (C=O) groups is 1. The summed E-state index contributed by atoms with van der Waals surface area (Å²) >= 11 is 1.69. The number of carbonyl (C=O) groups excluding carboxylic acids is 1. The molecule has 0 spiro atoms. The lowest BCUT2D eigenvalue weighted by Crippen LogP contribution is -2.02. The van der Waals surface area contributed by atoms with Gasteiger partial charge in [-0.25, -0.2) is 0 Å². The molecule has 0 atom stereocenters. The van der Waals surface area contributed by atoms with Gasteiger partial charge in [-0.05, 0) is 68.0 Å². The molecule has 0 saturated carbocycles. The second-order valence-electron chi connectivity index (χ2n) is 5.63. The van der Waals surface area contributed by atoms with Crippen molar-refractivity contribution in [3.63, 3.8) is 0 Å². The van der Waals surface area contributed by atoms with E-state index in [0.29, 0.717) is 0 Å². The summed E-state index contributed by atoms with van der Waals surface area (Å²) in [6.45, 7) is 1.97. The van der Waals surface area contributed by atoms with Gasteiger partial charge in [-0.2, -0.15) is 0 Å². The van der Waals surface area contributed by atoms with E-state index >= 15 is 0 Å². The SMILES string of the molecule is COc1ccc(C(=O)c2cc3c(s2)CCCCC3)c(C)c1. The quantitative estimate of drug-likeness (QED) is 0.613. The predicted octanol–water partition coefficient (Wildman–Crippen LogP) is 4.57. The molecule has 1 aliphatic rings. The summed E-state index contributed by atoms with van der Waals surface area (Å²) in [6, 6.07) is 7.78. The third kappa shape index (κ3) is 2.88. The minimum Gasteiger partial charge on any atom is -0.497 e. The first-order chi connectivity index (χ1) is 10.2. The lowest BCUT2D eigenvalue weighted by atomic mass is 10.0. The number of aryl methyl sites for hydroxylation is 3. The molecule has 2 nitrogen and oxygen atoms in total. The maximum absolute atomic E-state index is 12.7. The number of benzene rings is 1. The van der Waals surface area contributed by atoms with Gasteiger partial charge in [-0.3, -0.25) is 4.79 Å². The molecule has 1 aromatic carbocycles. The first kappa shape index (κ1) is 14.3. The van der Waals surface area contributed by atoms with Crippen LogP contribution in [0.5, 0.6) is 5.75 Å². The molecular formula is C18H20O2S. The molecule has 3 heteroatoms. The Bertz CT molecular complexity index is 646. The highest BCUT2D eigenvalue weighted by atomic mass is 32.1. The fourth-order valence-electron chi connectivity index (χ4n) is 2.93. The van der Waals surface area contributed by atoms with Crippen molar-refractivity contribution in [1.29, 1.82) is 0 Å². The molecule has 110 valence electrons. The molecule has 3 rings (SSSR count). The van der Waals surface area contributed by atoms with Crippen molar-refractivity contribution < 1.29 is 9.53 Å². The van der Waals surface area contributed by atoms with E-state index in [4.69, 9.17) is 4.74 Å². The fourth-order valence-corrected chi connectivity index (χ4v) is 4.14. The van der Waals surface area contributed by atoms with Crippen LogP contribution in [-0.2, 0) is 12.8 Å². The normalized spacial score (nSPS) is 14.4. The van der Waals surface area contributed by atoms with Crippen LogP contribution >= 0.6 is 11.3 Å². The van der Waals surface area contributed by atoms with E-state index in [1.54, 1.807) is 18.4 Å². The smallest absolute Gasteiger partial charge is 0.203 e. The molecule has 0 fully saturated rings. The molecule has 0 unspecified atom stereocenters. The van der Waals surface area contributed by atoms with Gasteiger partial charge >= 0.3 is 0 Å². The Morgan fingerprint density at radius 2 is 1.95 bits per heavy atom. The highest BCUT2D eigenvalue weighted by Crippen LogP contribution is 2.31. The molecule has 0 bridgehead atoms. The van der Waals surface area contributed by atoms with Crippen molar-refractivity contribution in [2.24, 2.45) is 0 Å². The summed E-state index contributed by atoms with van der Waals surface area (Å²) in [5.41, 5.74) is 3.15. The topological polar surface area (TPSA) is 26.3 Å². The summed E-state index contributed by atoms with van der Waals surface area (Å²) in [6.07, 6.45) is 6.07. The number of hydrogen-bond acceptors (Lipinski definition) is 3. The maximum atomic E-state index is 12.7. The van der Waals surface area contributed by atoms with Crippen LogP contribution in [0.1, 0.15) is 50.5 Å². The molecule has 0 N–H and O–H groups in total. The molecule has 0 saturated heterocycles. The van der Waals surface area contributed by atoms with Crippen molar-refractivity contribution in [3.8, 4) is 5.75 Å². The van der Waals surface area contributed by atoms with E-state index < -0.39 is 0 Å². The van der Waals surface area contributed by atoms with Gasteiger partial charge in [0.25, 0.3) is 0 Å². The van der Waals surface area contributed by atoms with Crippen molar-refractivity contribution >= 4 is 17.1 Å². The van der Waals surface area contributed by atoms with E-state index in [2.05, 4.69) is 6.07 Å². The van der Waals surface area contributed by atoms with Gasteiger partial charge in [-0.1, -0.05) is 6.42 Å². The minimum absolute atomic E-state index is 0.147. The van der Waals surface area contributed by atoms with Crippen molar-refractivity contribution in [3.05, 3.63) is 50.7 Å². The number of rotatable bonds is 3. The van der Waals surface area contributed by atoms with Gasteiger partial charge in [0.1, 0.15) is 5.75 Å². The van der Waals surface area contributed by atoms with Gasteiger partial charge in [0, 0.05) is 10.4 Å². The van der Waals surface area contributed by atoms with Gasteiger partial charge in [0.15, 0.2) is 0 Å². The summed E-state index contributed by atoms with van der Waals surface area (Å²) in [7, 11) is 1.65. The van der Waals surface area contributed by atoms with Crippen molar-refractivity contribution in [1.82, 2.24) is 0 Å². The molecule has 1 aliphatic carbocycles. The maximum Gasteiger partial charge on any atom is 0.203 e. The second-order valence-corrected chi connectivity index (χ2v) is 6.77. The second kappa shape index (κ2) is 6.02. The van der Waals surface area contributed by atoms with Crippen molar-refractivity contribution in [2.45, 2.75) is 39.0 Å². The van der Waals surface area contributed by atoms with Crippen LogP contribution in [0.25, 0.3) is 0 Å². The lowest BCUT2D eigenvalue weighted by molar-refractivity contribution is 0.104. The molecule has 0 aliphatic heterocycles. The Labute approximate surface area is 129 Å². The summed E-state index contributed by atoms with van der Waals surface area (Å²) in [5, 5.41) is 0. The molecule has 1 heterocycles. The summed E-state index contributed by atoms with van der Waals surface area (Å²) in [5.74, 6) is 0.944. The van der Waals surface area contributed by atoms with Crippen LogP contribution in [0.3, 0.4) is 0 Å². The standard InChI is InChI=1S/C18H20O2S/c1-12-10-14(20-2)8-9-15(12)18(19)17-11-13-6-4-3-5-7-16(13)21-17/h8-11H,3-7H2,1-2H3. The number of ether oxygens (including phenoxy) is 1. The minimum atomic E-state index is 0.147. The Kier molecular flexibility index (Phi) is 4.11. The lowest BCUT2D eigenvalue weighted by Gasteiger charge is -2.06. The van der Waals surface area contributed by atoms with E-state index in [-0.39, 0.29) is 5.78 Å². The Morgan fingerprint density at radius 1 is 1.14 bits per heavy atom. The molecular weight excluding hydrogens is 280 g/mol. The molecule has 0 amide bonds. The first-order valence-electron chi connectivity index (χ1n) is 7.50. The van der Waals surface area contributed by atoms with Crippen LogP contribution in [0.15, 0.2) is 24.3 Å². The largest absolute Gasteiger partial charge is 0.497 e. The molecule has 2 aromatic rings. The fraction of sp³-hybridized carbons (Fsp3) is 0.389. The van der Waals surface area contributed by atoms with E-state index in [1.807, 2.05) is 25.1 Å². The number of thiophene rings is 1. The van der Waals surface area contributed by atoms with Crippen LogP contribution in [0, 0.1) is 6.92 Å². The van der Waals surface area contributed by atoms with Crippen LogP contribution < -0.4 is 4.74 Å². The van der Waals surface area contributed by atoms with Gasteiger partial charge in [-0.15, -0.1) is 11.3 Å². The molecule has 21 heavy (non-hydrogen) atoms. The van der Waals surface area contributed by atoms with Gasteiger partial charge in [0.05, 0.1) is 12.0 Å². The molecule has 0 radical (unpaired) electrons. The zero-order valence-electron chi connectivity index (χ0n) is 12.6. The monoisotopic (exact) mass is 300 g/mol. The zero-order valence-corrected chi connectivity index (χ0v) is 13.4. The third-order valence-corrected chi connectivity index (χ3v) is 5.38. The Morgan fingerprint density at radius 3 is 2.71 bits per heavy atom. The van der Waals surface area contributed by atoms with Crippen LogP contribution in [0.4, 0.5) is 0 Å². The number of fused-ring (bicyclic) bond motifs is 1. The highest BCUT2D eigenvalue weighted by molar-refractivity contribution is 7.14. The van der Waals surface area contributed by atoms with Crippen LogP contribution in [-0.4, -0.2) is 12.9 Å². The van der Waals surface area contributed by atoms with Crippen LogP contribution in [0.2, 0.25) is 0 Å². The Hall–Kier alpha value is -1.61. The zero-order chi connectivity index (χ0) is 14.8. The summed E-state index contributed by atoms with van der Waals surface area (Å²) < 4.78 is 5.21. The van der Waals surface area contributed by atoms with Gasteiger partial charge < -0.3 is 4.74 Å². The molecule has 1 aromatic heterocycles. The van der Waals surface area contributed by atoms with E-state index in [0.717, 1.165) is 34.6 Å². The number of ketones is 1. The average Bonchev–Trinajstić information content (AvgIpc) is 2.77. The predicted molar refractivity (Wildman–Crippen MR) is 86.7 cm³/mol. The summed E-state index contributed by atoms with van der Waals surface area (Å²) in [4.78, 5) is 15.0. The number of methoxy groups -OCH3 is 1.